The van der Waals surface area contributed by atoms with Gasteiger partial charge in [-0.1, -0.05) is 18.2 Å². The third kappa shape index (κ3) is 2.61. The lowest BCUT2D eigenvalue weighted by atomic mass is 10.1. The molecule has 0 unspecified atom stereocenters. The summed E-state index contributed by atoms with van der Waals surface area (Å²) in [5, 5.41) is 13.2. The average molecular weight is 296 g/mol. The minimum absolute atomic E-state index is 0.201. The van der Waals surface area contributed by atoms with E-state index < -0.39 is 5.97 Å². The normalized spacial score (nSPS) is 10.6. The Kier molecular flexibility index (Phi) is 3.47. The number of nitrogens with zero attached hydrogens (tertiary/aromatic N) is 2. The molecule has 1 aromatic heterocycles. The number of aryl methyl sites for hydroxylation is 1. The molecule has 0 aliphatic carbocycles. The predicted octanol–water partition coefficient (Wildman–Crippen LogP) is 3.69. The molecule has 5 heteroatoms. The van der Waals surface area contributed by atoms with E-state index in [1.807, 2.05) is 13.0 Å². The molecule has 3 rings (SSSR count). The second kappa shape index (κ2) is 5.44. The van der Waals surface area contributed by atoms with Gasteiger partial charge in [-0.2, -0.15) is 5.10 Å². The van der Waals surface area contributed by atoms with Crippen LogP contribution in [0.15, 0.2) is 54.9 Å². The van der Waals surface area contributed by atoms with Crippen molar-refractivity contribution in [3.05, 3.63) is 71.8 Å². The Bertz CT molecular complexity index is 855. The monoisotopic (exact) mass is 296 g/mol. The minimum atomic E-state index is -0.987. The fourth-order valence-electron chi connectivity index (χ4n) is 2.23. The quantitative estimate of drug-likeness (QED) is 0.802. The van der Waals surface area contributed by atoms with Crippen LogP contribution in [-0.4, -0.2) is 20.9 Å². The van der Waals surface area contributed by atoms with E-state index in [9.17, 15) is 9.18 Å². The molecule has 2 aromatic carbocycles. The van der Waals surface area contributed by atoms with Crippen LogP contribution < -0.4 is 0 Å². The zero-order valence-corrected chi connectivity index (χ0v) is 11.8. The molecule has 0 bridgehead atoms. The Morgan fingerprint density at radius 3 is 2.73 bits per heavy atom. The van der Waals surface area contributed by atoms with Gasteiger partial charge < -0.3 is 5.11 Å². The van der Waals surface area contributed by atoms with Crippen molar-refractivity contribution in [3.8, 4) is 16.8 Å². The van der Waals surface area contributed by atoms with Crippen LogP contribution in [0.25, 0.3) is 16.8 Å². The number of aromatic carboxylic acids is 1. The van der Waals surface area contributed by atoms with Crippen LogP contribution in [0, 0.1) is 12.7 Å². The zero-order chi connectivity index (χ0) is 15.7. The van der Waals surface area contributed by atoms with E-state index in [1.54, 1.807) is 36.7 Å². The van der Waals surface area contributed by atoms with Crippen LogP contribution in [0.4, 0.5) is 4.39 Å². The molecule has 4 nitrogen and oxygen atoms in total. The van der Waals surface area contributed by atoms with Crippen molar-refractivity contribution < 1.29 is 14.3 Å². The van der Waals surface area contributed by atoms with E-state index in [2.05, 4.69) is 5.10 Å². The SMILES string of the molecule is Cc1ccc(-n2cc(-c3cccc(C(=O)O)c3)cn2)c(F)c1. The summed E-state index contributed by atoms with van der Waals surface area (Å²) in [5.74, 6) is -1.34. The average Bonchev–Trinajstić information content (AvgIpc) is 2.97. The molecule has 0 saturated heterocycles. The van der Waals surface area contributed by atoms with E-state index in [4.69, 9.17) is 5.11 Å². The molecule has 0 spiro atoms. The number of rotatable bonds is 3. The summed E-state index contributed by atoms with van der Waals surface area (Å²) < 4.78 is 15.4. The maximum Gasteiger partial charge on any atom is 0.335 e. The van der Waals surface area contributed by atoms with Gasteiger partial charge in [-0.25, -0.2) is 13.9 Å². The van der Waals surface area contributed by atoms with Crippen molar-refractivity contribution in [2.75, 3.05) is 0 Å². The first kappa shape index (κ1) is 14.0. The van der Waals surface area contributed by atoms with Gasteiger partial charge in [0.2, 0.25) is 0 Å². The lowest BCUT2D eigenvalue weighted by Gasteiger charge is -2.04. The summed E-state index contributed by atoms with van der Waals surface area (Å²) >= 11 is 0. The molecule has 22 heavy (non-hydrogen) atoms. The molecule has 3 aromatic rings. The molecule has 0 saturated carbocycles. The molecular formula is C17H13FN2O2. The van der Waals surface area contributed by atoms with Crippen molar-refractivity contribution in [1.29, 1.82) is 0 Å². The fourth-order valence-corrected chi connectivity index (χ4v) is 2.23. The van der Waals surface area contributed by atoms with E-state index in [0.29, 0.717) is 5.69 Å². The third-order valence-electron chi connectivity index (χ3n) is 3.38. The van der Waals surface area contributed by atoms with Crippen LogP contribution in [0.2, 0.25) is 0 Å². The summed E-state index contributed by atoms with van der Waals surface area (Å²) in [5.41, 5.74) is 2.84. The summed E-state index contributed by atoms with van der Waals surface area (Å²) in [6, 6.07) is 11.5. The standard InChI is InChI=1S/C17H13FN2O2/c1-11-5-6-16(15(18)7-11)20-10-14(9-19-20)12-3-2-4-13(8-12)17(21)22/h2-10H,1H3,(H,21,22). The highest BCUT2D eigenvalue weighted by Crippen LogP contribution is 2.22. The molecule has 0 atom stereocenters. The van der Waals surface area contributed by atoms with E-state index in [1.165, 1.54) is 16.8 Å². The smallest absolute Gasteiger partial charge is 0.335 e. The number of halogens is 1. The highest BCUT2D eigenvalue weighted by molar-refractivity contribution is 5.89. The number of carbonyl (C=O) groups is 1. The molecule has 0 radical (unpaired) electrons. The molecule has 1 heterocycles. The van der Waals surface area contributed by atoms with Crippen molar-refractivity contribution in [2.24, 2.45) is 0 Å². The van der Waals surface area contributed by atoms with Gasteiger partial charge in [0.05, 0.1) is 11.8 Å². The van der Waals surface area contributed by atoms with Crippen molar-refractivity contribution >= 4 is 5.97 Å². The molecule has 0 aliphatic heterocycles. The highest BCUT2D eigenvalue weighted by Gasteiger charge is 2.09. The number of carboxylic acids is 1. The van der Waals surface area contributed by atoms with Crippen LogP contribution in [0.5, 0.6) is 0 Å². The van der Waals surface area contributed by atoms with Gasteiger partial charge >= 0.3 is 5.97 Å². The summed E-state index contributed by atoms with van der Waals surface area (Å²) in [6.07, 6.45) is 3.26. The maximum absolute atomic E-state index is 14.0. The lowest BCUT2D eigenvalue weighted by Crippen LogP contribution is -1.98. The first-order chi connectivity index (χ1) is 10.5. The second-order valence-electron chi connectivity index (χ2n) is 5.01. The van der Waals surface area contributed by atoms with Gasteiger partial charge in [0.25, 0.3) is 0 Å². The summed E-state index contributed by atoms with van der Waals surface area (Å²) in [7, 11) is 0. The topological polar surface area (TPSA) is 55.1 Å². The number of hydrogen-bond acceptors (Lipinski definition) is 2. The van der Waals surface area contributed by atoms with Crippen LogP contribution in [0.3, 0.4) is 0 Å². The van der Waals surface area contributed by atoms with Gasteiger partial charge in [0.1, 0.15) is 11.5 Å². The third-order valence-corrected chi connectivity index (χ3v) is 3.38. The predicted molar refractivity (Wildman–Crippen MR) is 80.7 cm³/mol. The molecule has 0 fully saturated rings. The second-order valence-corrected chi connectivity index (χ2v) is 5.01. The van der Waals surface area contributed by atoms with Crippen molar-refractivity contribution in [1.82, 2.24) is 9.78 Å². The summed E-state index contributed by atoms with van der Waals surface area (Å²) in [4.78, 5) is 11.0. The van der Waals surface area contributed by atoms with Crippen LogP contribution in [-0.2, 0) is 0 Å². The fraction of sp³-hybridized carbons (Fsp3) is 0.0588. The van der Waals surface area contributed by atoms with Crippen LogP contribution >= 0.6 is 0 Å². The number of benzene rings is 2. The maximum atomic E-state index is 14.0. The Balaban J connectivity index is 2.00. The van der Waals surface area contributed by atoms with Crippen LogP contribution in [0.1, 0.15) is 15.9 Å². The number of hydrogen-bond donors (Lipinski definition) is 1. The highest BCUT2D eigenvalue weighted by atomic mass is 19.1. The van der Waals surface area contributed by atoms with E-state index in [-0.39, 0.29) is 11.4 Å². The minimum Gasteiger partial charge on any atom is -0.478 e. The van der Waals surface area contributed by atoms with Gasteiger partial charge in [-0.15, -0.1) is 0 Å². The molecule has 110 valence electrons. The van der Waals surface area contributed by atoms with Gasteiger partial charge in [-0.05, 0) is 42.3 Å². The Morgan fingerprint density at radius 1 is 1.18 bits per heavy atom. The first-order valence-electron chi connectivity index (χ1n) is 6.69. The van der Waals surface area contributed by atoms with Crippen molar-refractivity contribution in [3.63, 3.8) is 0 Å². The first-order valence-corrected chi connectivity index (χ1v) is 6.69. The molecule has 1 N–H and O–H groups in total. The number of aromatic nitrogens is 2. The van der Waals surface area contributed by atoms with E-state index >= 15 is 0 Å². The summed E-state index contributed by atoms with van der Waals surface area (Å²) in [6.45, 7) is 1.82. The Morgan fingerprint density at radius 2 is 2.00 bits per heavy atom. The van der Waals surface area contributed by atoms with Gasteiger partial charge in [-0.3, -0.25) is 0 Å². The van der Waals surface area contributed by atoms with E-state index in [0.717, 1.165) is 16.7 Å². The molecular weight excluding hydrogens is 283 g/mol. The largest absolute Gasteiger partial charge is 0.478 e. The lowest BCUT2D eigenvalue weighted by molar-refractivity contribution is 0.0697. The van der Waals surface area contributed by atoms with Crippen molar-refractivity contribution in [2.45, 2.75) is 6.92 Å². The van der Waals surface area contributed by atoms with Gasteiger partial charge in [0, 0.05) is 11.8 Å². The number of carboxylic acid groups (broad SMARTS) is 1. The molecule has 0 aliphatic rings. The zero-order valence-electron chi connectivity index (χ0n) is 11.8. The Hall–Kier alpha value is -2.95. The van der Waals surface area contributed by atoms with Gasteiger partial charge in [0.15, 0.2) is 0 Å². The Labute approximate surface area is 126 Å². The molecule has 0 amide bonds.